The predicted molar refractivity (Wildman–Crippen MR) is 158 cm³/mol. The number of primary amides is 1. The number of urea groups is 1. The third kappa shape index (κ3) is 6.50. The Morgan fingerprint density at radius 2 is 1.56 bits per heavy atom. The fourth-order valence-corrected chi connectivity index (χ4v) is 7.29. The van der Waals surface area contributed by atoms with Gasteiger partial charge in [-0.1, -0.05) is 53.5 Å². The molecule has 5 aliphatic rings. The van der Waals surface area contributed by atoms with Crippen molar-refractivity contribution in [3.8, 4) is 0 Å². The Kier molecular flexibility index (Phi) is 8.24. The van der Waals surface area contributed by atoms with Crippen LogP contribution in [0.1, 0.15) is 86.0 Å². The molecule has 5 fully saturated rings. The van der Waals surface area contributed by atoms with Crippen LogP contribution in [-0.2, 0) is 24.0 Å². The highest BCUT2D eigenvalue weighted by Gasteiger charge is 2.70. The topological polar surface area (TPSA) is 168 Å². The van der Waals surface area contributed by atoms with Gasteiger partial charge in [0, 0.05) is 12.5 Å². The fourth-order valence-electron chi connectivity index (χ4n) is 7.29. The van der Waals surface area contributed by atoms with E-state index in [4.69, 9.17) is 5.73 Å². The largest absolute Gasteiger partial charge is 0.363 e. The van der Waals surface area contributed by atoms with E-state index in [1.165, 1.54) is 4.90 Å². The summed E-state index contributed by atoms with van der Waals surface area (Å²) in [6, 6.07) is -2.99. The van der Waals surface area contributed by atoms with Crippen molar-refractivity contribution < 1.29 is 28.8 Å². The molecule has 5 atom stereocenters. The number of nitrogens with zero attached hydrogens (tertiary/aromatic N) is 1. The molecule has 0 unspecified atom stereocenters. The summed E-state index contributed by atoms with van der Waals surface area (Å²) in [4.78, 5) is 80.2. The molecule has 1 aliphatic heterocycles. The van der Waals surface area contributed by atoms with E-state index in [1.54, 1.807) is 6.08 Å². The van der Waals surface area contributed by atoms with Crippen LogP contribution >= 0.6 is 0 Å². The Bertz CT molecular complexity index is 1240. The zero-order valence-corrected chi connectivity index (χ0v) is 26.0. The quantitative estimate of drug-likeness (QED) is 0.210. The van der Waals surface area contributed by atoms with Crippen LogP contribution in [-0.4, -0.2) is 64.9 Å². The van der Waals surface area contributed by atoms with Crippen LogP contribution in [0.3, 0.4) is 0 Å². The molecular weight excluding hydrogens is 550 g/mol. The summed E-state index contributed by atoms with van der Waals surface area (Å²) >= 11 is 0. The van der Waals surface area contributed by atoms with Gasteiger partial charge in [0.1, 0.15) is 12.1 Å². The van der Waals surface area contributed by atoms with E-state index in [1.807, 2.05) is 34.6 Å². The van der Waals surface area contributed by atoms with Gasteiger partial charge < -0.3 is 26.6 Å². The molecule has 0 radical (unpaired) electrons. The normalized spacial score (nSPS) is 28.0. The number of nitrogens with two attached hydrogens (primary N) is 1. The van der Waals surface area contributed by atoms with Gasteiger partial charge in [0.25, 0.3) is 11.7 Å². The Morgan fingerprint density at radius 3 is 2.09 bits per heavy atom. The minimum absolute atomic E-state index is 0.00481. The maximum atomic E-state index is 14.2. The minimum atomic E-state index is -1.16. The number of nitrogens with one attached hydrogen (secondary N) is 3. The van der Waals surface area contributed by atoms with E-state index >= 15 is 0 Å². The smallest absolute Gasteiger partial charge is 0.316 e. The molecule has 0 aromatic carbocycles. The molecule has 43 heavy (non-hydrogen) atoms. The van der Waals surface area contributed by atoms with Crippen LogP contribution < -0.4 is 21.7 Å². The van der Waals surface area contributed by atoms with Crippen molar-refractivity contribution in [1.82, 2.24) is 20.9 Å². The Morgan fingerprint density at radius 1 is 0.930 bits per heavy atom. The molecule has 1 heterocycles. The average molecular weight is 598 g/mol. The van der Waals surface area contributed by atoms with Gasteiger partial charge in [-0.3, -0.25) is 24.0 Å². The molecule has 4 saturated carbocycles. The number of hydrogen-bond acceptors (Lipinski definition) is 6. The van der Waals surface area contributed by atoms with Crippen LogP contribution in [0.2, 0.25) is 0 Å². The van der Waals surface area contributed by atoms with E-state index in [-0.39, 0.29) is 46.5 Å². The van der Waals surface area contributed by atoms with Crippen molar-refractivity contribution in [2.75, 3.05) is 6.54 Å². The maximum absolute atomic E-state index is 14.2. The van der Waals surface area contributed by atoms with Crippen molar-refractivity contribution in [1.29, 1.82) is 0 Å². The molecule has 5 amide bonds. The van der Waals surface area contributed by atoms with Crippen molar-refractivity contribution in [2.45, 2.75) is 104 Å². The molecule has 1 saturated heterocycles. The van der Waals surface area contributed by atoms with Crippen LogP contribution in [0.5, 0.6) is 0 Å². The van der Waals surface area contributed by atoms with E-state index < -0.39 is 53.1 Å². The van der Waals surface area contributed by atoms with Crippen molar-refractivity contribution >= 4 is 35.3 Å². The molecule has 11 heteroatoms. The van der Waals surface area contributed by atoms with Gasteiger partial charge >= 0.3 is 6.03 Å². The molecule has 5 rings (SSSR count). The second-order valence-electron chi connectivity index (χ2n) is 15.1. The van der Waals surface area contributed by atoms with E-state index in [9.17, 15) is 28.8 Å². The summed E-state index contributed by atoms with van der Waals surface area (Å²) < 4.78 is 0. The molecule has 4 aliphatic carbocycles. The van der Waals surface area contributed by atoms with Crippen molar-refractivity contribution in [3.63, 3.8) is 0 Å². The van der Waals surface area contributed by atoms with Gasteiger partial charge in [-0.2, -0.15) is 0 Å². The number of hydrogen-bond donors (Lipinski definition) is 4. The molecule has 5 N–H and O–H groups in total. The Balaban J connectivity index is 1.33. The second-order valence-corrected chi connectivity index (χ2v) is 15.1. The SMILES string of the molecule is CC(C)(C)[C@H](NC(=O)N[C@H](C(=O)C1CC1)C1CCCC1)C(=O)N1C[C@H]2[C@@H]([C@H]1C(=O)N/C(=C/C1CC1)C(=O)C(N)=O)C2(C)C. The number of fused-ring (bicyclic) bond motifs is 1. The fraction of sp³-hybridized carbons (Fsp3) is 0.750. The number of likely N-dealkylation sites (tertiary alicyclic amines) is 1. The lowest BCUT2D eigenvalue weighted by Crippen LogP contribution is -2.61. The highest BCUT2D eigenvalue weighted by Crippen LogP contribution is 2.65. The minimum Gasteiger partial charge on any atom is -0.363 e. The summed E-state index contributed by atoms with van der Waals surface area (Å²) in [5, 5.41) is 8.43. The second kappa shape index (κ2) is 11.4. The number of amides is 5. The first-order valence-electron chi connectivity index (χ1n) is 15.9. The monoisotopic (exact) mass is 597 g/mol. The molecular formula is C32H47N5O6. The lowest BCUT2D eigenvalue weighted by atomic mass is 9.85. The lowest BCUT2D eigenvalue weighted by molar-refractivity contribution is -0.143. The van der Waals surface area contributed by atoms with Crippen molar-refractivity contribution in [3.05, 3.63) is 11.8 Å². The predicted octanol–water partition coefficient (Wildman–Crippen LogP) is 2.19. The number of ketones is 2. The summed E-state index contributed by atoms with van der Waals surface area (Å²) in [5.74, 6) is -2.84. The number of piperidine rings is 1. The van der Waals surface area contributed by atoms with Gasteiger partial charge in [0.05, 0.1) is 11.7 Å². The average Bonchev–Trinajstić information content (AvgIpc) is 3.89. The van der Waals surface area contributed by atoms with E-state index in [0.717, 1.165) is 51.4 Å². The first-order chi connectivity index (χ1) is 20.1. The van der Waals surface area contributed by atoms with E-state index in [2.05, 4.69) is 16.0 Å². The Labute approximate surface area is 253 Å². The molecule has 0 aromatic rings. The van der Waals surface area contributed by atoms with Gasteiger partial charge in [-0.25, -0.2) is 4.79 Å². The molecule has 11 nitrogen and oxygen atoms in total. The first-order valence-corrected chi connectivity index (χ1v) is 15.9. The third-order valence-corrected chi connectivity index (χ3v) is 10.3. The summed E-state index contributed by atoms with van der Waals surface area (Å²) in [7, 11) is 0. The molecule has 236 valence electrons. The van der Waals surface area contributed by atoms with Crippen LogP contribution in [0.25, 0.3) is 0 Å². The molecule has 0 aromatic heterocycles. The highest BCUT2D eigenvalue weighted by atomic mass is 16.2. The zero-order valence-electron chi connectivity index (χ0n) is 26.0. The van der Waals surface area contributed by atoms with Gasteiger partial charge in [-0.05, 0) is 73.0 Å². The molecule has 0 spiro atoms. The summed E-state index contributed by atoms with van der Waals surface area (Å²) in [6.07, 6.45) is 8.85. The number of rotatable bonds is 11. The third-order valence-electron chi connectivity index (χ3n) is 10.3. The zero-order chi connectivity index (χ0) is 31.4. The van der Waals surface area contributed by atoms with Gasteiger partial charge in [0.15, 0.2) is 5.78 Å². The highest BCUT2D eigenvalue weighted by molar-refractivity contribution is 6.42. The number of Topliss-reactive ketones (excluding diaryl/α,β-unsaturated/α-hetero) is 2. The van der Waals surface area contributed by atoms with E-state index in [0.29, 0.717) is 6.54 Å². The van der Waals surface area contributed by atoms with Gasteiger partial charge in [-0.15, -0.1) is 0 Å². The summed E-state index contributed by atoms with van der Waals surface area (Å²) in [6.45, 7) is 9.97. The van der Waals surface area contributed by atoms with Crippen LogP contribution in [0.15, 0.2) is 11.8 Å². The van der Waals surface area contributed by atoms with Gasteiger partial charge in [0.2, 0.25) is 11.8 Å². The Hall–Kier alpha value is -3.24. The van der Waals surface area contributed by atoms with Crippen molar-refractivity contribution in [2.24, 2.45) is 46.2 Å². The molecule has 0 bridgehead atoms. The summed E-state index contributed by atoms with van der Waals surface area (Å²) in [5.41, 5.74) is 4.21. The number of allylic oxidation sites excluding steroid dienone is 1. The number of carbonyl (C=O) groups excluding carboxylic acids is 6. The first kappa shape index (κ1) is 31.2. The van der Waals surface area contributed by atoms with Crippen LogP contribution in [0.4, 0.5) is 4.79 Å². The maximum Gasteiger partial charge on any atom is 0.316 e. The number of carbonyl (C=O) groups is 6. The van der Waals surface area contributed by atoms with Crippen LogP contribution in [0, 0.1) is 40.4 Å². The lowest BCUT2D eigenvalue weighted by Gasteiger charge is -2.38. The standard InChI is InChI=1S/C32H47N5O6/c1-31(2,3)26(36-30(43)35-22(17-8-6-7-9-17)24(38)18-12-13-18)29(42)37-15-19-21(32(19,4)5)23(37)28(41)34-20(14-16-10-11-16)25(39)27(33)40/h14,16-19,21-23,26H,6-13,15H2,1-5H3,(H2,33,40)(H,34,41)(H2,35,36,43)/b20-14+/t19-,21-,22-,23-,26+/m0/s1.